The van der Waals surface area contributed by atoms with Crippen LogP contribution in [0.2, 0.25) is 0 Å². The molecule has 0 fully saturated rings. The molecule has 2 aromatic carbocycles. The maximum Gasteiger partial charge on any atom is 0.191 e. The van der Waals surface area contributed by atoms with E-state index < -0.39 is 15.7 Å². The highest BCUT2D eigenvalue weighted by Crippen LogP contribution is 2.25. The van der Waals surface area contributed by atoms with E-state index in [1.165, 1.54) is 12.3 Å². The van der Waals surface area contributed by atoms with E-state index >= 15 is 0 Å². The number of rotatable bonds is 10. The molecule has 0 amide bonds. The van der Waals surface area contributed by atoms with Crippen LogP contribution in [-0.2, 0) is 16.3 Å². The average Bonchev–Trinajstić information content (AvgIpc) is 2.71. The Morgan fingerprint density at radius 2 is 1.84 bits per heavy atom. The second-order valence-electron chi connectivity index (χ2n) is 8.33. The lowest BCUT2D eigenvalue weighted by Crippen LogP contribution is -2.43. The third kappa shape index (κ3) is 9.38. The Balaban J connectivity index is 1.81. The maximum atomic E-state index is 14.4. The van der Waals surface area contributed by atoms with Crippen molar-refractivity contribution in [2.24, 2.45) is 10.4 Å². The van der Waals surface area contributed by atoms with Crippen molar-refractivity contribution < 1.29 is 17.5 Å². The number of nitrogens with one attached hydrogen (secondary N) is 2. The van der Waals surface area contributed by atoms with Crippen molar-refractivity contribution in [3.05, 3.63) is 59.9 Å². The summed E-state index contributed by atoms with van der Waals surface area (Å²) in [5.41, 5.74) is 0.646. The smallest absolute Gasteiger partial charge is 0.191 e. The highest BCUT2D eigenvalue weighted by atomic mass is 32.2. The fourth-order valence-electron chi connectivity index (χ4n) is 2.82. The van der Waals surface area contributed by atoms with Crippen molar-refractivity contribution in [1.29, 1.82) is 0 Å². The number of nitrogens with zero attached hydrogens (tertiary/aromatic N) is 1. The lowest BCUT2D eigenvalue weighted by molar-refractivity contribution is 0.348. The zero-order valence-electron chi connectivity index (χ0n) is 18.6. The Morgan fingerprint density at radius 1 is 1.13 bits per heavy atom. The van der Waals surface area contributed by atoms with Gasteiger partial charge in [0.05, 0.1) is 5.75 Å². The molecule has 2 aromatic rings. The number of guanidine groups is 1. The zero-order valence-corrected chi connectivity index (χ0v) is 19.4. The van der Waals surface area contributed by atoms with Gasteiger partial charge in [-0.05, 0) is 48.1 Å². The van der Waals surface area contributed by atoms with Gasteiger partial charge in [0.15, 0.2) is 17.5 Å². The van der Waals surface area contributed by atoms with Crippen molar-refractivity contribution in [2.45, 2.75) is 26.7 Å². The minimum absolute atomic E-state index is 0.156. The van der Waals surface area contributed by atoms with E-state index in [0.717, 1.165) is 5.56 Å². The monoisotopic (exact) mass is 449 g/mol. The fourth-order valence-corrected chi connectivity index (χ4v) is 3.74. The minimum atomic E-state index is -2.98. The van der Waals surface area contributed by atoms with Gasteiger partial charge in [-0.3, -0.25) is 4.99 Å². The summed E-state index contributed by atoms with van der Waals surface area (Å²) in [6.45, 7) is 5.19. The van der Waals surface area contributed by atoms with E-state index in [1.54, 1.807) is 25.2 Å². The first kappa shape index (κ1) is 24.7. The third-order valence-electron chi connectivity index (χ3n) is 4.78. The first-order valence-corrected chi connectivity index (χ1v) is 12.3. The summed E-state index contributed by atoms with van der Waals surface area (Å²) in [6.07, 6.45) is 2.42. The molecular weight excluding hydrogens is 417 g/mol. The summed E-state index contributed by atoms with van der Waals surface area (Å²) in [4.78, 5) is 4.19. The summed E-state index contributed by atoms with van der Waals surface area (Å²) in [5, 5.41) is 6.43. The van der Waals surface area contributed by atoms with Crippen LogP contribution in [0.5, 0.6) is 11.5 Å². The van der Waals surface area contributed by atoms with Gasteiger partial charge in [0, 0.05) is 26.4 Å². The van der Waals surface area contributed by atoms with Crippen molar-refractivity contribution in [2.75, 3.05) is 32.1 Å². The molecule has 0 aromatic heterocycles. The van der Waals surface area contributed by atoms with E-state index in [-0.39, 0.29) is 16.9 Å². The number of para-hydroxylation sites is 1. The molecule has 0 unspecified atom stereocenters. The minimum Gasteiger partial charge on any atom is -0.454 e. The first-order chi connectivity index (χ1) is 14.6. The first-order valence-electron chi connectivity index (χ1n) is 10.2. The topological polar surface area (TPSA) is 79.8 Å². The van der Waals surface area contributed by atoms with Gasteiger partial charge in [0.25, 0.3) is 0 Å². The van der Waals surface area contributed by atoms with Crippen LogP contribution in [0.3, 0.4) is 0 Å². The molecule has 0 heterocycles. The van der Waals surface area contributed by atoms with Gasteiger partial charge in [-0.1, -0.05) is 38.1 Å². The number of hydrogen-bond donors (Lipinski definition) is 2. The molecule has 0 spiro atoms. The second kappa shape index (κ2) is 11.1. The molecule has 31 heavy (non-hydrogen) atoms. The summed E-state index contributed by atoms with van der Waals surface area (Å²) in [5.74, 6) is 1.15. The summed E-state index contributed by atoms with van der Waals surface area (Å²) < 4.78 is 42.7. The van der Waals surface area contributed by atoms with Crippen molar-refractivity contribution in [3.8, 4) is 11.5 Å². The Morgan fingerprint density at radius 3 is 2.45 bits per heavy atom. The van der Waals surface area contributed by atoms with Gasteiger partial charge < -0.3 is 15.4 Å². The second-order valence-corrected chi connectivity index (χ2v) is 10.6. The summed E-state index contributed by atoms with van der Waals surface area (Å²) >= 11 is 0. The van der Waals surface area contributed by atoms with Crippen molar-refractivity contribution in [3.63, 3.8) is 0 Å². The average molecular weight is 450 g/mol. The number of benzene rings is 2. The molecule has 0 aliphatic heterocycles. The highest BCUT2D eigenvalue weighted by Gasteiger charge is 2.20. The largest absolute Gasteiger partial charge is 0.454 e. The molecule has 6 nitrogen and oxygen atoms in total. The van der Waals surface area contributed by atoms with Crippen LogP contribution < -0.4 is 15.4 Å². The molecule has 8 heteroatoms. The quantitative estimate of drug-likeness (QED) is 0.426. The standard InChI is InChI=1S/C23H32FN3O3S/c1-23(2,13-15-31(4,28)29)17-27-22(25-3)26-14-12-18-10-11-21(20(24)16-18)30-19-8-6-5-7-9-19/h5-11,16H,12-15,17H2,1-4H3,(H2,25,26,27). The molecule has 2 rings (SSSR count). The van der Waals surface area contributed by atoms with Gasteiger partial charge in [-0.25, -0.2) is 12.8 Å². The molecule has 2 N–H and O–H groups in total. The maximum absolute atomic E-state index is 14.4. The van der Waals surface area contributed by atoms with Gasteiger partial charge in [-0.15, -0.1) is 0 Å². The van der Waals surface area contributed by atoms with Crippen LogP contribution in [-0.4, -0.2) is 46.5 Å². The molecule has 0 atom stereocenters. The predicted octanol–water partition coefficient (Wildman–Crippen LogP) is 3.79. The van der Waals surface area contributed by atoms with E-state index in [9.17, 15) is 12.8 Å². The molecule has 0 radical (unpaired) electrons. The van der Waals surface area contributed by atoms with E-state index in [4.69, 9.17) is 4.74 Å². The van der Waals surface area contributed by atoms with Gasteiger partial charge >= 0.3 is 0 Å². The molecule has 0 saturated heterocycles. The van der Waals surface area contributed by atoms with Crippen LogP contribution in [0.25, 0.3) is 0 Å². The lowest BCUT2D eigenvalue weighted by Gasteiger charge is -2.25. The predicted molar refractivity (Wildman–Crippen MR) is 124 cm³/mol. The van der Waals surface area contributed by atoms with Crippen molar-refractivity contribution >= 4 is 15.8 Å². The van der Waals surface area contributed by atoms with Crippen LogP contribution in [0.1, 0.15) is 25.8 Å². The van der Waals surface area contributed by atoms with Crippen molar-refractivity contribution in [1.82, 2.24) is 10.6 Å². The Hall–Kier alpha value is -2.61. The van der Waals surface area contributed by atoms with E-state index in [0.29, 0.717) is 37.6 Å². The lowest BCUT2D eigenvalue weighted by atomic mass is 9.90. The number of sulfone groups is 1. The van der Waals surface area contributed by atoms with E-state index in [1.807, 2.05) is 38.1 Å². The molecule has 170 valence electrons. The SMILES string of the molecule is CN=C(NCCc1ccc(Oc2ccccc2)c(F)c1)NCC(C)(C)CCS(C)(=O)=O. The highest BCUT2D eigenvalue weighted by molar-refractivity contribution is 7.90. The third-order valence-corrected chi connectivity index (χ3v) is 5.73. The number of aliphatic imine (C=N–C) groups is 1. The normalized spacial score (nSPS) is 12.5. The Bertz CT molecular complexity index is 977. The summed E-state index contributed by atoms with van der Waals surface area (Å²) in [7, 11) is -1.31. The van der Waals surface area contributed by atoms with Crippen LogP contribution in [0.15, 0.2) is 53.5 Å². The van der Waals surface area contributed by atoms with Gasteiger partial charge in [0.1, 0.15) is 15.6 Å². The molecule has 0 aliphatic rings. The van der Waals surface area contributed by atoms with Gasteiger partial charge in [0.2, 0.25) is 0 Å². The number of halogens is 1. The van der Waals surface area contributed by atoms with Gasteiger partial charge in [-0.2, -0.15) is 0 Å². The molecule has 0 aliphatic carbocycles. The number of ether oxygens (including phenoxy) is 1. The molecule has 0 saturated carbocycles. The fraction of sp³-hybridized carbons (Fsp3) is 0.435. The van der Waals surface area contributed by atoms with E-state index in [2.05, 4.69) is 15.6 Å². The molecule has 0 bridgehead atoms. The van der Waals surface area contributed by atoms with Crippen LogP contribution in [0.4, 0.5) is 4.39 Å². The molecular formula is C23H32FN3O3S. The van der Waals surface area contributed by atoms with Crippen LogP contribution >= 0.6 is 0 Å². The Labute approximate surface area is 184 Å². The zero-order chi connectivity index (χ0) is 22.9. The Kier molecular flexibility index (Phi) is 8.86. The summed E-state index contributed by atoms with van der Waals surface area (Å²) in [6, 6.07) is 14.0. The van der Waals surface area contributed by atoms with Crippen LogP contribution in [0, 0.1) is 11.2 Å². The number of hydrogen-bond acceptors (Lipinski definition) is 4.